The summed E-state index contributed by atoms with van der Waals surface area (Å²) in [6.45, 7) is 4.46. The Morgan fingerprint density at radius 1 is 1.57 bits per heavy atom. The summed E-state index contributed by atoms with van der Waals surface area (Å²) >= 11 is 0. The van der Waals surface area contributed by atoms with Crippen LogP contribution in [0.5, 0.6) is 0 Å². The van der Waals surface area contributed by atoms with Crippen LogP contribution < -0.4 is 5.32 Å². The minimum Gasteiger partial charge on any atom is -0.360 e. The lowest BCUT2D eigenvalue weighted by atomic mass is 10.1. The maximum atomic E-state index is 5.13. The van der Waals surface area contributed by atoms with E-state index in [1.807, 2.05) is 6.07 Å². The zero-order valence-electron chi connectivity index (χ0n) is 8.15. The molecule has 0 radical (unpaired) electrons. The topological polar surface area (TPSA) is 41.3 Å². The van der Waals surface area contributed by atoms with Crippen molar-refractivity contribution in [1.29, 1.82) is 0 Å². The lowest BCUT2D eigenvalue weighted by Gasteiger charge is -2.21. The second-order valence-corrected chi connectivity index (χ2v) is 4.22. The summed E-state index contributed by atoms with van der Waals surface area (Å²) in [5.41, 5.74) is 0. The predicted octanol–water partition coefficient (Wildman–Crippen LogP) is 0.468. The van der Waals surface area contributed by atoms with Crippen molar-refractivity contribution in [2.24, 2.45) is 5.92 Å². The molecule has 0 aromatic carbocycles. The average molecular weight is 193 g/mol. The number of hydrogen-bond donors (Lipinski definition) is 1. The van der Waals surface area contributed by atoms with Gasteiger partial charge in [-0.05, 0) is 25.4 Å². The number of hydrogen-bond acceptors (Lipinski definition) is 4. The minimum atomic E-state index is 0.722. The lowest BCUT2D eigenvalue weighted by molar-refractivity contribution is 0.214. The van der Waals surface area contributed by atoms with Gasteiger partial charge in [0.15, 0.2) is 5.76 Å². The molecule has 2 fully saturated rings. The highest BCUT2D eigenvalue weighted by atomic mass is 16.5. The van der Waals surface area contributed by atoms with Crippen LogP contribution in [-0.4, -0.2) is 35.7 Å². The van der Waals surface area contributed by atoms with Crippen LogP contribution in [0.25, 0.3) is 0 Å². The smallest absolute Gasteiger partial charge is 0.150 e. The van der Waals surface area contributed by atoms with Crippen molar-refractivity contribution >= 4 is 0 Å². The third-order valence-electron chi connectivity index (χ3n) is 3.41. The molecule has 4 nitrogen and oxygen atoms in total. The van der Waals surface area contributed by atoms with Crippen LogP contribution in [-0.2, 0) is 6.54 Å². The van der Waals surface area contributed by atoms with Crippen LogP contribution >= 0.6 is 0 Å². The quantitative estimate of drug-likeness (QED) is 0.741. The Morgan fingerprint density at radius 2 is 2.57 bits per heavy atom. The van der Waals surface area contributed by atoms with Crippen LogP contribution in [0, 0.1) is 5.92 Å². The van der Waals surface area contributed by atoms with Crippen LogP contribution in [0.3, 0.4) is 0 Å². The molecule has 2 atom stereocenters. The van der Waals surface area contributed by atoms with Gasteiger partial charge in [-0.2, -0.15) is 0 Å². The van der Waals surface area contributed by atoms with Crippen molar-refractivity contribution in [3.8, 4) is 0 Å². The first kappa shape index (κ1) is 8.44. The number of rotatable bonds is 2. The summed E-state index contributed by atoms with van der Waals surface area (Å²) < 4.78 is 5.13. The Kier molecular flexibility index (Phi) is 2.03. The Balaban J connectivity index is 1.68. The van der Waals surface area contributed by atoms with Crippen molar-refractivity contribution in [3.05, 3.63) is 18.0 Å². The maximum Gasteiger partial charge on any atom is 0.150 e. The van der Waals surface area contributed by atoms with Gasteiger partial charge in [-0.25, -0.2) is 0 Å². The largest absolute Gasteiger partial charge is 0.360 e. The van der Waals surface area contributed by atoms with Gasteiger partial charge in [0.1, 0.15) is 0 Å². The van der Waals surface area contributed by atoms with E-state index >= 15 is 0 Å². The third-order valence-corrected chi connectivity index (χ3v) is 3.41. The Morgan fingerprint density at radius 3 is 3.43 bits per heavy atom. The number of likely N-dealkylation sites (tertiary alicyclic amines) is 1. The highest BCUT2D eigenvalue weighted by molar-refractivity contribution is 4.99. The van der Waals surface area contributed by atoms with Crippen LogP contribution in [0.1, 0.15) is 12.2 Å². The summed E-state index contributed by atoms with van der Waals surface area (Å²) in [5.74, 6) is 1.84. The molecule has 3 heterocycles. The van der Waals surface area contributed by atoms with E-state index in [4.69, 9.17) is 4.52 Å². The Hall–Kier alpha value is -0.870. The van der Waals surface area contributed by atoms with E-state index < -0.39 is 0 Å². The molecule has 76 valence electrons. The molecule has 1 aromatic heterocycles. The van der Waals surface area contributed by atoms with E-state index in [1.165, 1.54) is 19.5 Å². The summed E-state index contributed by atoms with van der Waals surface area (Å²) in [4.78, 5) is 2.51. The molecule has 2 aliphatic rings. The van der Waals surface area contributed by atoms with Gasteiger partial charge in [0, 0.05) is 18.7 Å². The molecule has 4 heteroatoms. The van der Waals surface area contributed by atoms with Gasteiger partial charge in [-0.15, -0.1) is 0 Å². The molecular weight excluding hydrogens is 178 g/mol. The standard InChI is InChI=1S/C10H15N3O/c1-3-12-14-9(1)7-13-4-2-8-5-11-6-10(8)13/h1,3,8,10-11H,2,4-7H2/t8-,10+/m0/s1. The molecule has 0 amide bonds. The Bertz CT molecular complexity index is 298. The van der Waals surface area contributed by atoms with Gasteiger partial charge < -0.3 is 9.84 Å². The predicted molar refractivity (Wildman–Crippen MR) is 51.7 cm³/mol. The summed E-state index contributed by atoms with van der Waals surface area (Å²) in [6.07, 6.45) is 3.04. The van der Waals surface area contributed by atoms with Gasteiger partial charge in [0.2, 0.25) is 0 Å². The van der Waals surface area contributed by atoms with Gasteiger partial charge in [-0.1, -0.05) is 5.16 Å². The van der Waals surface area contributed by atoms with Crippen LogP contribution in [0.4, 0.5) is 0 Å². The fraction of sp³-hybridized carbons (Fsp3) is 0.700. The Labute approximate surface area is 83.2 Å². The highest BCUT2D eigenvalue weighted by Gasteiger charge is 2.37. The first-order chi connectivity index (χ1) is 6.93. The van der Waals surface area contributed by atoms with Crippen LogP contribution in [0.15, 0.2) is 16.8 Å². The van der Waals surface area contributed by atoms with Crippen molar-refractivity contribution in [3.63, 3.8) is 0 Å². The second kappa shape index (κ2) is 3.37. The molecule has 0 bridgehead atoms. The number of aromatic nitrogens is 1. The van der Waals surface area contributed by atoms with E-state index in [-0.39, 0.29) is 0 Å². The molecule has 1 aromatic rings. The van der Waals surface area contributed by atoms with E-state index in [2.05, 4.69) is 15.4 Å². The molecule has 0 saturated carbocycles. The van der Waals surface area contributed by atoms with Crippen molar-refractivity contribution in [2.45, 2.75) is 19.0 Å². The fourth-order valence-corrected chi connectivity index (χ4v) is 2.66. The summed E-state index contributed by atoms with van der Waals surface area (Å²) in [5, 5.41) is 7.18. The van der Waals surface area contributed by atoms with Crippen LogP contribution in [0.2, 0.25) is 0 Å². The highest BCUT2D eigenvalue weighted by Crippen LogP contribution is 2.28. The van der Waals surface area contributed by atoms with E-state index in [1.54, 1.807) is 6.20 Å². The molecule has 2 saturated heterocycles. The zero-order valence-corrected chi connectivity index (χ0v) is 8.15. The maximum absolute atomic E-state index is 5.13. The first-order valence-electron chi connectivity index (χ1n) is 5.28. The van der Waals surface area contributed by atoms with E-state index in [0.29, 0.717) is 0 Å². The van der Waals surface area contributed by atoms with Crippen molar-refractivity contribution in [1.82, 2.24) is 15.4 Å². The molecule has 2 aliphatic heterocycles. The van der Waals surface area contributed by atoms with Crippen molar-refractivity contribution in [2.75, 3.05) is 19.6 Å². The third kappa shape index (κ3) is 1.35. The molecule has 0 aliphatic carbocycles. The fourth-order valence-electron chi connectivity index (χ4n) is 2.66. The SMILES string of the molecule is c1cc(CN2CC[C@H]3CNC[C@H]32)on1. The summed E-state index contributed by atoms with van der Waals surface area (Å²) in [6, 6.07) is 2.68. The molecule has 14 heavy (non-hydrogen) atoms. The number of fused-ring (bicyclic) bond motifs is 1. The normalized spacial score (nSPS) is 32.3. The van der Waals surface area contributed by atoms with Gasteiger partial charge in [0.05, 0.1) is 12.7 Å². The van der Waals surface area contributed by atoms with Crippen molar-refractivity contribution < 1.29 is 4.52 Å². The monoisotopic (exact) mass is 193 g/mol. The molecule has 0 spiro atoms. The number of nitrogens with zero attached hydrogens (tertiary/aromatic N) is 2. The molecule has 3 rings (SSSR count). The van der Waals surface area contributed by atoms with Gasteiger partial charge in [0.25, 0.3) is 0 Å². The van der Waals surface area contributed by atoms with Gasteiger partial charge >= 0.3 is 0 Å². The molecular formula is C10H15N3O. The first-order valence-corrected chi connectivity index (χ1v) is 5.28. The zero-order chi connectivity index (χ0) is 9.38. The summed E-state index contributed by atoms with van der Waals surface area (Å²) in [7, 11) is 0. The van der Waals surface area contributed by atoms with E-state index in [9.17, 15) is 0 Å². The molecule has 1 N–H and O–H groups in total. The van der Waals surface area contributed by atoms with Gasteiger partial charge in [-0.3, -0.25) is 4.90 Å². The number of nitrogens with one attached hydrogen (secondary N) is 1. The second-order valence-electron chi connectivity index (χ2n) is 4.22. The average Bonchev–Trinajstić information content (AvgIpc) is 2.85. The minimum absolute atomic E-state index is 0.722. The van der Waals surface area contributed by atoms with E-state index in [0.717, 1.165) is 30.8 Å². The lowest BCUT2D eigenvalue weighted by Crippen LogP contribution is -2.33. The molecule has 0 unspecified atom stereocenters.